The van der Waals surface area contributed by atoms with Gasteiger partial charge in [-0.15, -0.1) is 5.10 Å². The Morgan fingerprint density at radius 3 is 2.61 bits per heavy atom. The molecule has 2 aromatic rings. The number of aryl methyl sites for hydroxylation is 1. The van der Waals surface area contributed by atoms with Crippen LogP contribution in [0.2, 0.25) is 0 Å². The highest BCUT2D eigenvalue weighted by molar-refractivity contribution is 7.99. The second kappa shape index (κ2) is 5.92. The van der Waals surface area contributed by atoms with Crippen LogP contribution >= 0.6 is 11.8 Å². The molecule has 0 aliphatic rings. The molecule has 0 saturated carbocycles. The van der Waals surface area contributed by atoms with Gasteiger partial charge in [0.25, 0.3) is 0 Å². The zero-order valence-electron chi connectivity index (χ0n) is 10.4. The van der Waals surface area contributed by atoms with Crippen molar-refractivity contribution in [1.82, 2.24) is 25.1 Å². The van der Waals surface area contributed by atoms with Gasteiger partial charge in [0.05, 0.1) is 0 Å². The van der Waals surface area contributed by atoms with Gasteiger partial charge in [0.15, 0.2) is 5.16 Å². The van der Waals surface area contributed by atoms with Gasteiger partial charge in [-0.1, -0.05) is 6.92 Å². The van der Waals surface area contributed by atoms with Crippen LogP contribution in [0.4, 0.5) is 0 Å². The van der Waals surface area contributed by atoms with E-state index in [0.29, 0.717) is 10.3 Å². The molecule has 18 heavy (non-hydrogen) atoms. The number of nitrogens with two attached hydrogens (primary N) is 1. The molecule has 1 atom stereocenters. The zero-order valence-corrected chi connectivity index (χ0v) is 11.2. The van der Waals surface area contributed by atoms with Crippen molar-refractivity contribution in [2.75, 3.05) is 0 Å². The number of H-pyrrole nitrogens is 1. The molecule has 0 spiro atoms. The van der Waals surface area contributed by atoms with Crippen molar-refractivity contribution in [1.29, 1.82) is 0 Å². The minimum Gasteiger partial charge on any atom is -0.327 e. The molecule has 0 aromatic carbocycles. The second-order valence-corrected chi connectivity index (χ2v) is 4.99. The first-order chi connectivity index (χ1) is 8.67. The van der Waals surface area contributed by atoms with Crippen LogP contribution in [0.15, 0.2) is 22.7 Å². The maximum Gasteiger partial charge on any atom is 0.216 e. The summed E-state index contributed by atoms with van der Waals surface area (Å²) in [6.07, 6.45) is 5.38. The van der Waals surface area contributed by atoms with Gasteiger partial charge in [-0.2, -0.15) is 0 Å². The topological polar surface area (TPSA) is 93.4 Å². The van der Waals surface area contributed by atoms with Crippen molar-refractivity contribution in [3.63, 3.8) is 0 Å². The summed E-state index contributed by atoms with van der Waals surface area (Å²) in [6.45, 7) is 3.93. The second-order valence-electron chi connectivity index (χ2n) is 4.05. The summed E-state index contributed by atoms with van der Waals surface area (Å²) in [5.74, 6) is 0.781. The predicted octanol–water partition coefficient (Wildman–Crippen LogP) is 1.33. The highest BCUT2D eigenvalue weighted by Gasteiger charge is 2.07. The predicted molar refractivity (Wildman–Crippen MR) is 69.2 cm³/mol. The molecule has 0 saturated heterocycles. The van der Waals surface area contributed by atoms with E-state index in [-0.39, 0.29) is 6.04 Å². The van der Waals surface area contributed by atoms with E-state index < -0.39 is 0 Å². The van der Waals surface area contributed by atoms with E-state index in [1.165, 1.54) is 11.8 Å². The van der Waals surface area contributed by atoms with Gasteiger partial charge in [-0.3, -0.25) is 5.10 Å². The van der Waals surface area contributed by atoms with Gasteiger partial charge < -0.3 is 5.73 Å². The average Bonchev–Trinajstić information content (AvgIpc) is 2.77. The molecule has 6 nitrogen and oxygen atoms in total. The first kappa shape index (κ1) is 13.0. The van der Waals surface area contributed by atoms with Gasteiger partial charge >= 0.3 is 0 Å². The lowest BCUT2D eigenvalue weighted by Gasteiger charge is -2.07. The largest absolute Gasteiger partial charge is 0.327 e. The minimum atomic E-state index is 0.169. The van der Waals surface area contributed by atoms with E-state index in [1.54, 1.807) is 0 Å². The van der Waals surface area contributed by atoms with Gasteiger partial charge in [0.1, 0.15) is 5.82 Å². The van der Waals surface area contributed by atoms with E-state index in [2.05, 4.69) is 32.1 Å². The smallest absolute Gasteiger partial charge is 0.216 e. The summed E-state index contributed by atoms with van der Waals surface area (Å²) >= 11 is 1.33. The summed E-state index contributed by atoms with van der Waals surface area (Å²) in [5.41, 5.74) is 6.94. The van der Waals surface area contributed by atoms with E-state index in [0.717, 1.165) is 24.2 Å². The van der Waals surface area contributed by atoms with Crippen molar-refractivity contribution in [2.24, 2.45) is 5.73 Å². The Morgan fingerprint density at radius 1 is 1.33 bits per heavy atom. The van der Waals surface area contributed by atoms with Gasteiger partial charge in [0, 0.05) is 18.4 Å². The van der Waals surface area contributed by atoms with E-state index >= 15 is 0 Å². The molecule has 0 aliphatic carbocycles. The lowest BCUT2D eigenvalue weighted by atomic mass is 10.1. The summed E-state index contributed by atoms with van der Waals surface area (Å²) < 4.78 is 0. The minimum absolute atomic E-state index is 0.169. The van der Waals surface area contributed by atoms with Crippen LogP contribution in [0.1, 0.15) is 24.7 Å². The highest BCUT2D eigenvalue weighted by Crippen LogP contribution is 2.20. The summed E-state index contributed by atoms with van der Waals surface area (Å²) in [6, 6.07) is 0.169. The highest BCUT2D eigenvalue weighted by atomic mass is 32.2. The molecule has 0 amide bonds. The molecule has 0 fully saturated rings. The molecule has 1 unspecified atom stereocenters. The number of rotatable bonds is 5. The number of hydrogen-bond donors (Lipinski definition) is 2. The van der Waals surface area contributed by atoms with E-state index in [1.807, 2.05) is 19.3 Å². The fourth-order valence-corrected chi connectivity index (χ4v) is 2.05. The maximum atomic E-state index is 5.88. The van der Waals surface area contributed by atoms with Crippen molar-refractivity contribution < 1.29 is 0 Å². The number of aromatic amines is 1. The number of hydrogen-bond acceptors (Lipinski definition) is 6. The molecule has 3 N–H and O–H groups in total. The molecular formula is C11H16N6S. The Balaban J connectivity index is 1.99. The lowest BCUT2D eigenvalue weighted by molar-refractivity contribution is 0.641. The molecular weight excluding hydrogens is 248 g/mol. The summed E-state index contributed by atoms with van der Waals surface area (Å²) in [5, 5.41) is 8.07. The van der Waals surface area contributed by atoms with Crippen LogP contribution in [-0.4, -0.2) is 31.2 Å². The van der Waals surface area contributed by atoms with Crippen LogP contribution < -0.4 is 5.73 Å². The van der Waals surface area contributed by atoms with Crippen LogP contribution in [0.3, 0.4) is 0 Å². The van der Waals surface area contributed by atoms with E-state index in [9.17, 15) is 0 Å². The third-order valence-corrected chi connectivity index (χ3v) is 3.22. The molecule has 0 aliphatic heterocycles. The van der Waals surface area contributed by atoms with Crippen LogP contribution in [0, 0.1) is 6.92 Å². The Hall–Kier alpha value is -1.47. The summed E-state index contributed by atoms with van der Waals surface area (Å²) in [4.78, 5) is 12.7. The number of aromatic nitrogens is 5. The maximum absolute atomic E-state index is 5.88. The number of nitrogens with zero attached hydrogens (tertiary/aromatic N) is 4. The molecule has 0 bridgehead atoms. The van der Waals surface area contributed by atoms with Crippen LogP contribution in [0.25, 0.3) is 0 Å². The van der Waals surface area contributed by atoms with Crippen LogP contribution in [0.5, 0.6) is 0 Å². The van der Waals surface area contributed by atoms with Gasteiger partial charge in [0.2, 0.25) is 5.16 Å². The van der Waals surface area contributed by atoms with Crippen molar-refractivity contribution in [2.45, 2.75) is 43.0 Å². The molecule has 7 heteroatoms. The normalized spacial score (nSPS) is 12.6. The SMILES string of the molecule is CCC(N)Cc1cnc(Sc2n[nH]c(C)n2)nc1. The first-order valence-electron chi connectivity index (χ1n) is 5.80. The fourth-order valence-electron chi connectivity index (χ4n) is 1.40. The van der Waals surface area contributed by atoms with Crippen molar-refractivity contribution >= 4 is 11.8 Å². The number of nitrogens with one attached hydrogen (secondary N) is 1. The molecule has 2 rings (SSSR count). The van der Waals surface area contributed by atoms with Gasteiger partial charge in [-0.05, 0) is 37.1 Å². The Kier molecular flexibility index (Phi) is 4.27. The molecule has 96 valence electrons. The Bertz CT molecular complexity index is 494. The van der Waals surface area contributed by atoms with E-state index in [4.69, 9.17) is 5.73 Å². The molecule has 2 heterocycles. The standard InChI is InChI=1S/C11H16N6S/c1-3-9(12)4-8-5-13-10(14-6-8)18-11-15-7(2)16-17-11/h5-6,9H,3-4,12H2,1-2H3,(H,15,16,17). The monoisotopic (exact) mass is 264 g/mol. The molecule has 2 aromatic heterocycles. The van der Waals surface area contributed by atoms with Crippen molar-refractivity contribution in [3.05, 3.63) is 23.8 Å². The quantitative estimate of drug-likeness (QED) is 0.791. The zero-order chi connectivity index (χ0) is 13.0. The first-order valence-corrected chi connectivity index (χ1v) is 6.62. The van der Waals surface area contributed by atoms with Gasteiger partial charge in [-0.25, -0.2) is 15.0 Å². The Labute approximate surface area is 110 Å². The third kappa shape index (κ3) is 3.51. The summed E-state index contributed by atoms with van der Waals surface area (Å²) in [7, 11) is 0. The fraction of sp³-hybridized carbons (Fsp3) is 0.455. The average molecular weight is 264 g/mol. The third-order valence-electron chi connectivity index (χ3n) is 2.46. The Morgan fingerprint density at radius 2 is 2.06 bits per heavy atom. The van der Waals surface area contributed by atoms with Crippen LogP contribution in [-0.2, 0) is 6.42 Å². The lowest BCUT2D eigenvalue weighted by Crippen LogP contribution is -2.21. The van der Waals surface area contributed by atoms with Crippen molar-refractivity contribution in [3.8, 4) is 0 Å². The molecule has 0 radical (unpaired) electrons.